The molecule has 0 radical (unpaired) electrons. The van der Waals surface area contributed by atoms with Crippen LogP contribution in [0.25, 0.3) is 0 Å². The molecule has 2 rings (SSSR count). The van der Waals surface area contributed by atoms with E-state index in [-0.39, 0.29) is 24.8 Å². The lowest BCUT2D eigenvalue weighted by Crippen LogP contribution is -2.33. The maximum absolute atomic E-state index is 12.5. The van der Waals surface area contributed by atoms with Gasteiger partial charge in [-0.25, -0.2) is 4.98 Å². The Balaban J connectivity index is 1.87. The molecule has 1 heterocycles. The van der Waals surface area contributed by atoms with Crippen molar-refractivity contribution in [2.75, 3.05) is 11.1 Å². The molecular formula is C11H15F3N4. The van der Waals surface area contributed by atoms with Gasteiger partial charge in [0.15, 0.2) is 0 Å². The average molecular weight is 260 g/mol. The van der Waals surface area contributed by atoms with Crippen molar-refractivity contribution >= 4 is 11.8 Å². The molecular weight excluding hydrogens is 245 g/mol. The number of nitrogen functional groups attached to an aromatic ring is 1. The highest BCUT2D eigenvalue weighted by Gasteiger charge is 2.41. The lowest BCUT2D eigenvalue weighted by molar-refractivity contribution is -0.182. The molecule has 0 saturated heterocycles. The van der Waals surface area contributed by atoms with Gasteiger partial charge in [0.05, 0.1) is 5.92 Å². The molecule has 3 N–H and O–H groups in total. The SMILES string of the molecule is Nc1nccc(NC2CCC(C(F)(F)F)CC2)n1. The summed E-state index contributed by atoms with van der Waals surface area (Å²) in [5, 5.41) is 3.10. The van der Waals surface area contributed by atoms with Gasteiger partial charge in [-0.05, 0) is 31.7 Å². The average Bonchev–Trinajstić information content (AvgIpc) is 2.28. The fourth-order valence-electron chi connectivity index (χ4n) is 2.23. The number of nitrogens with zero attached hydrogens (tertiary/aromatic N) is 2. The zero-order valence-electron chi connectivity index (χ0n) is 9.74. The number of anilines is 2. The first-order valence-electron chi connectivity index (χ1n) is 5.87. The molecule has 0 aliphatic heterocycles. The van der Waals surface area contributed by atoms with Crippen LogP contribution in [0.15, 0.2) is 12.3 Å². The zero-order chi connectivity index (χ0) is 13.2. The minimum Gasteiger partial charge on any atom is -0.368 e. The van der Waals surface area contributed by atoms with E-state index in [1.807, 2.05) is 0 Å². The number of hydrogen-bond acceptors (Lipinski definition) is 4. The summed E-state index contributed by atoms with van der Waals surface area (Å²) in [6.07, 6.45) is -1.22. The van der Waals surface area contributed by atoms with Crippen LogP contribution >= 0.6 is 0 Å². The van der Waals surface area contributed by atoms with Gasteiger partial charge in [-0.3, -0.25) is 0 Å². The third-order valence-corrected chi connectivity index (χ3v) is 3.22. The van der Waals surface area contributed by atoms with Gasteiger partial charge < -0.3 is 11.1 Å². The van der Waals surface area contributed by atoms with Gasteiger partial charge in [0.25, 0.3) is 0 Å². The van der Waals surface area contributed by atoms with E-state index in [0.717, 1.165) is 0 Å². The van der Waals surface area contributed by atoms with Crippen molar-refractivity contribution in [1.29, 1.82) is 0 Å². The summed E-state index contributed by atoms with van der Waals surface area (Å²) in [6.45, 7) is 0. The first-order chi connectivity index (χ1) is 8.45. The van der Waals surface area contributed by atoms with Gasteiger partial charge >= 0.3 is 6.18 Å². The van der Waals surface area contributed by atoms with Crippen molar-refractivity contribution in [2.24, 2.45) is 5.92 Å². The molecule has 100 valence electrons. The number of nitrogens with one attached hydrogen (secondary N) is 1. The van der Waals surface area contributed by atoms with E-state index in [2.05, 4.69) is 15.3 Å². The maximum Gasteiger partial charge on any atom is 0.391 e. The molecule has 1 aromatic rings. The molecule has 0 bridgehead atoms. The van der Waals surface area contributed by atoms with Crippen LogP contribution in [0.5, 0.6) is 0 Å². The number of alkyl halides is 3. The third-order valence-electron chi connectivity index (χ3n) is 3.22. The second kappa shape index (κ2) is 4.99. The molecule has 1 aliphatic rings. The van der Waals surface area contributed by atoms with Crippen LogP contribution < -0.4 is 11.1 Å². The Morgan fingerprint density at radius 3 is 2.44 bits per heavy atom. The molecule has 7 heteroatoms. The van der Waals surface area contributed by atoms with E-state index in [1.54, 1.807) is 6.07 Å². The third kappa shape index (κ3) is 3.24. The van der Waals surface area contributed by atoms with Crippen molar-refractivity contribution in [1.82, 2.24) is 9.97 Å². The smallest absolute Gasteiger partial charge is 0.368 e. The number of hydrogen-bond donors (Lipinski definition) is 2. The Hall–Kier alpha value is -1.53. The Morgan fingerprint density at radius 1 is 1.22 bits per heavy atom. The summed E-state index contributed by atoms with van der Waals surface area (Å²) in [6, 6.07) is 1.68. The summed E-state index contributed by atoms with van der Waals surface area (Å²) in [4.78, 5) is 7.72. The normalized spacial score (nSPS) is 24.8. The van der Waals surface area contributed by atoms with Crippen molar-refractivity contribution in [3.05, 3.63) is 12.3 Å². The Morgan fingerprint density at radius 2 is 1.89 bits per heavy atom. The number of rotatable bonds is 2. The molecule has 1 saturated carbocycles. The number of aromatic nitrogens is 2. The van der Waals surface area contributed by atoms with Crippen LogP contribution in [0, 0.1) is 5.92 Å². The molecule has 0 unspecified atom stereocenters. The number of halogens is 3. The maximum atomic E-state index is 12.5. The second-order valence-corrected chi connectivity index (χ2v) is 4.53. The quantitative estimate of drug-likeness (QED) is 0.857. The Bertz CT molecular complexity index is 400. The van der Waals surface area contributed by atoms with Crippen LogP contribution in [0.3, 0.4) is 0 Å². The van der Waals surface area contributed by atoms with E-state index in [0.29, 0.717) is 18.7 Å². The predicted molar refractivity (Wildman–Crippen MR) is 61.9 cm³/mol. The Labute approximate surface area is 103 Å². The summed E-state index contributed by atoms with van der Waals surface area (Å²) in [5.74, 6) is -0.437. The molecule has 18 heavy (non-hydrogen) atoms. The van der Waals surface area contributed by atoms with Gasteiger partial charge in [-0.2, -0.15) is 18.2 Å². The van der Waals surface area contributed by atoms with Crippen molar-refractivity contribution in [3.8, 4) is 0 Å². The monoisotopic (exact) mass is 260 g/mol. The van der Waals surface area contributed by atoms with Crippen molar-refractivity contribution in [3.63, 3.8) is 0 Å². The lowest BCUT2D eigenvalue weighted by Gasteiger charge is -2.30. The minimum atomic E-state index is -4.07. The predicted octanol–water partition coefficient (Wildman–Crippen LogP) is 2.59. The van der Waals surface area contributed by atoms with Gasteiger partial charge in [-0.15, -0.1) is 0 Å². The van der Waals surface area contributed by atoms with Crippen LogP contribution in [-0.4, -0.2) is 22.2 Å². The molecule has 0 amide bonds. The Kier molecular flexibility index (Phi) is 3.58. The lowest BCUT2D eigenvalue weighted by atomic mass is 9.85. The molecule has 4 nitrogen and oxygen atoms in total. The first-order valence-corrected chi connectivity index (χ1v) is 5.87. The molecule has 1 aromatic heterocycles. The van der Waals surface area contributed by atoms with E-state index in [4.69, 9.17) is 5.73 Å². The zero-order valence-corrected chi connectivity index (χ0v) is 9.74. The van der Waals surface area contributed by atoms with Gasteiger partial charge in [0.1, 0.15) is 5.82 Å². The van der Waals surface area contributed by atoms with Gasteiger partial charge in [0, 0.05) is 12.2 Å². The van der Waals surface area contributed by atoms with E-state index in [9.17, 15) is 13.2 Å². The van der Waals surface area contributed by atoms with Crippen LogP contribution in [0.2, 0.25) is 0 Å². The largest absolute Gasteiger partial charge is 0.391 e. The summed E-state index contributed by atoms with van der Waals surface area (Å²) < 4.78 is 37.5. The van der Waals surface area contributed by atoms with E-state index < -0.39 is 12.1 Å². The topological polar surface area (TPSA) is 63.8 Å². The van der Waals surface area contributed by atoms with Crippen molar-refractivity contribution < 1.29 is 13.2 Å². The van der Waals surface area contributed by atoms with Gasteiger partial charge in [0.2, 0.25) is 5.95 Å². The molecule has 1 fully saturated rings. The first kappa shape index (κ1) is 12.9. The highest BCUT2D eigenvalue weighted by Crippen LogP contribution is 2.37. The van der Waals surface area contributed by atoms with Gasteiger partial charge in [-0.1, -0.05) is 0 Å². The summed E-state index contributed by atoms with van der Waals surface area (Å²) in [7, 11) is 0. The van der Waals surface area contributed by atoms with Crippen LogP contribution in [-0.2, 0) is 0 Å². The molecule has 0 aromatic carbocycles. The molecule has 1 aliphatic carbocycles. The molecule has 0 atom stereocenters. The second-order valence-electron chi connectivity index (χ2n) is 4.53. The highest BCUT2D eigenvalue weighted by atomic mass is 19.4. The van der Waals surface area contributed by atoms with E-state index >= 15 is 0 Å². The number of nitrogens with two attached hydrogens (primary N) is 1. The van der Waals surface area contributed by atoms with Crippen LogP contribution in [0.1, 0.15) is 25.7 Å². The fraction of sp³-hybridized carbons (Fsp3) is 0.636. The molecule has 0 spiro atoms. The standard InChI is InChI=1S/C11H15F3N4/c12-11(13,14)7-1-3-8(4-2-7)17-9-5-6-16-10(15)18-9/h5-8H,1-4H2,(H3,15,16,17,18). The van der Waals surface area contributed by atoms with E-state index in [1.165, 1.54) is 6.20 Å². The fourth-order valence-corrected chi connectivity index (χ4v) is 2.23. The highest BCUT2D eigenvalue weighted by molar-refractivity contribution is 5.38. The minimum absolute atomic E-state index is 0.0258. The van der Waals surface area contributed by atoms with Crippen molar-refractivity contribution in [2.45, 2.75) is 37.9 Å². The summed E-state index contributed by atoms with van der Waals surface area (Å²) in [5.41, 5.74) is 5.43. The summed E-state index contributed by atoms with van der Waals surface area (Å²) >= 11 is 0. The van der Waals surface area contributed by atoms with Crippen LogP contribution in [0.4, 0.5) is 24.9 Å².